The van der Waals surface area contributed by atoms with Crippen LogP contribution >= 0.6 is 15.9 Å². The summed E-state index contributed by atoms with van der Waals surface area (Å²) in [5.41, 5.74) is 0.616. The van der Waals surface area contributed by atoms with E-state index in [1.54, 1.807) is 6.07 Å². The van der Waals surface area contributed by atoms with Crippen molar-refractivity contribution < 1.29 is 13.9 Å². The zero-order valence-electron chi connectivity index (χ0n) is 9.11. The molecular weight excluding hydrogens is 274 g/mol. The maximum atomic E-state index is 12.2. The molecule has 1 amide bonds. The third-order valence-corrected chi connectivity index (χ3v) is 3.39. The lowest BCUT2D eigenvalue weighted by Gasteiger charge is -2.34. The molecule has 2 rings (SSSR count). The minimum atomic E-state index is 0.0181. The highest BCUT2D eigenvalue weighted by Gasteiger charge is 2.27. The standard InChI is InChI=1S/C11H14BrNO3/c1-8-4-9(6-16-8)11(14)13-2-3-15-7-10(13)5-12/h4,6,10H,2-3,5,7H2,1H3. The van der Waals surface area contributed by atoms with Gasteiger partial charge in [0.15, 0.2) is 0 Å². The molecule has 1 aromatic rings. The molecule has 0 aromatic carbocycles. The number of furan rings is 1. The van der Waals surface area contributed by atoms with Crippen LogP contribution in [0.5, 0.6) is 0 Å². The van der Waals surface area contributed by atoms with Crippen LogP contribution in [0.15, 0.2) is 16.7 Å². The second-order valence-electron chi connectivity index (χ2n) is 3.83. The zero-order chi connectivity index (χ0) is 11.5. The van der Waals surface area contributed by atoms with Gasteiger partial charge in [0, 0.05) is 11.9 Å². The molecule has 1 aliphatic heterocycles. The Balaban J connectivity index is 2.13. The molecule has 0 aliphatic carbocycles. The summed E-state index contributed by atoms with van der Waals surface area (Å²) < 4.78 is 10.5. The Morgan fingerprint density at radius 2 is 2.50 bits per heavy atom. The van der Waals surface area contributed by atoms with Gasteiger partial charge in [-0.1, -0.05) is 15.9 Å². The van der Waals surface area contributed by atoms with Crippen molar-refractivity contribution in [2.45, 2.75) is 13.0 Å². The van der Waals surface area contributed by atoms with E-state index < -0.39 is 0 Å². The van der Waals surface area contributed by atoms with Crippen molar-refractivity contribution >= 4 is 21.8 Å². The van der Waals surface area contributed by atoms with Crippen LogP contribution in [0.3, 0.4) is 0 Å². The predicted octanol–water partition coefficient (Wildman–Crippen LogP) is 1.82. The van der Waals surface area contributed by atoms with Gasteiger partial charge in [-0.25, -0.2) is 0 Å². The average molecular weight is 288 g/mol. The van der Waals surface area contributed by atoms with Gasteiger partial charge in [0.05, 0.1) is 24.8 Å². The lowest BCUT2D eigenvalue weighted by Crippen LogP contribution is -2.49. The summed E-state index contributed by atoms with van der Waals surface area (Å²) in [5.74, 6) is 0.775. The Hall–Kier alpha value is -0.810. The first-order valence-electron chi connectivity index (χ1n) is 5.22. The molecule has 1 unspecified atom stereocenters. The largest absolute Gasteiger partial charge is 0.469 e. The van der Waals surface area contributed by atoms with Crippen molar-refractivity contribution in [2.24, 2.45) is 0 Å². The summed E-state index contributed by atoms with van der Waals surface area (Å²) in [6.45, 7) is 3.66. The molecule has 1 aromatic heterocycles. The van der Waals surface area contributed by atoms with Gasteiger partial charge in [-0.05, 0) is 13.0 Å². The van der Waals surface area contributed by atoms with Crippen molar-refractivity contribution in [2.75, 3.05) is 25.1 Å². The van der Waals surface area contributed by atoms with Crippen LogP contribution in [0, 0.1) is 6.92 Å². The molecule has 0 bridgehead atoms. The Bertz CT molecular complexity index is 377. The fraction of sp³-hybridized carbons (Fsp3) is 0.545. The highest BCUT2D eigenvalue weighted by molar-refractivity contribution is 9.09. The smallest absolute Gasteiger partial charge is 0.257 e. The number of amides is 1. The molecule has 1 atom stereocenters. The maximum absolute atomic E-state index is 12.2. The number of aryl methyl sites for hydroxylation is 1. The highest BCUT2D eigenvalue weighted by Crippen LogP contribution is 2.15. The van der Waals surface area contributed by atoms with Crippen molar-refractivity contribution in [3.05, 3.63) is 23.7 Å². The third-order valence-electron chi connectivity index (χ3n) is 2.64. The molecule has 0 spiro atoms. The monoisotopic (exact) mass is 287 g/mol. The normalized spacial score (nSPS) is 21.1. The van der Waals surface area contributed by atoms with Gasteiger partial charge >= 0.3 is 0 Å². The number of carbonyl (C=O) groups excluding carboxylic acids is 1. The number of hydrogen-bond donors (Lipinski definition) is 0. The summed E-state index contributed by atoms with van der Waals surface area (Å²) in [5, 5.41) is 0.732. The molecule has 2 heterocycles. The van der Waals surface area contributed by atoms with Crippen molar-refractivity contribution in [3.63, 3.8) is 0 Å². The quantitative estimate of drug-likeness (QED) is 0.780. The molecule has 1 saturated heterocycles. The molecule has 0 N–H and O–H groups in total. The first-order chi connectivity index (χ1) is 7.72. The van der Waals surface area contributed by atoms with Gasteiger partial charge in [0.1, 0.15) is 12.0 Å². The Kier molecular flexibility index (Phi) is 3.66. The molecule has 16 heavy (non-hydrogen) atoms. The number of alkyl halides is 1. The van der Waals surface area contributed by atoms with Crippen LogP contribution < -0.4 is 0 Å². The summed E-state index contributed by atoms with van der Waals surface area (Å²) in [7, 11) is 0. The van der Waals surface area contributed by atoms with Gasteiger partial charge in [0.25, 0.3) is 5.91 Å². The van der Waals surface area contributed by atoms with Crippen molar-refractivity contribution in [1.82, 2.24) is 4.90 Å². The number of rotatable bonds is 2. The first-order valence-corrected chi connectivity index (χ1v) is 6.34. The van der Waals surface area contributed by atoms with Crippen LogP contribution in [0.1, 0.15) is 16.1 Å². The summed E-state index contributed by atoms with van der Waals surface area (Å²) >= 11 is 3.40. The van der Waals surface area contributed by atoms with E-state index in [0.29, 0.717) is 25.3 Å². The topological polar surface area (TPSA) is 42.7 Å². The predicted molar refractivity (Wildman–Crippen MR) is 62.9 cm³/mol. The lowest BCUT2D eigenvalue weighted by atomic mass is 10.2. The second kappa shape index (κ2) is 5.01. The lowest BCUT2D eigenvalue weighted by molar-refractivity contribution is 0.00521. The van der Waals surface area contributed by atoms with Crippen LogP contribution in [0.25, 0.3) is 0 Å². The van der Waals surface area contributed by atoms with E-state index in [1.807, 2.05) is 11.8 Å². The molecular formula is C11H14BrNO3. The maximum Gasteiger partial charge on any atom is 0.257 e. The average Bonchev–Trinajstić information content (AvgIpc) is 2.75. The Morgan fingerprint density at radius 3 is 3.12 bits per heavy atom. The molecule has 4 nitrogen and oxygen atoms in total. The molecule has 1 aliphatic rings. The second-order valence-corrected chi connectivity index (χ2v) is 4.48. The van der Waals surface area contributed by atoms with Gasteiger partial charge in [-0.3, -0.25) is 4.79 Å². The van der Waals surface area contributed by atoms with Crippen molar-refractivity contribution in [1.29, 1.82) is 0 Å². The summed E-state index contributed by atoms with van der Waals surface area (Å²) in [6, 6.07) is 1.87. The van der Waals surface area contributed by atoms with Crippen molar-refractivity contribution in [3.8, 4) is 0 Å². The minimum Gasteiger partial charge on any atom is -0.469 e. The summed E-state index contributed by atoms with van der Waals surface area (Å²) in [4.78, 5) is 14.0. The van der Waals surface area contributed by atoms with E-state index >= 15 is 0 Å². The Morgan fingerprint density at radius 1 is 1.69 bits per heavy atom. The van der Waals surface area contributed by atoms with E-state index in [9.17, 15) is 4.79 Å². The fourth-order valence-electron chi connectivity index (χ4n) is 1.77. The van der Waals surface area contributed by atoms with E-state index in [-0.39, 0.29) is 11.9 Å². The molecule has 0 radical (unpaired) electrons. The van der Waals surface area contributed by atoms with Crippen LogP contribution in [0.4, 0.5) is 0 Å². The van der Waals surface area contributed by atoms with Crippen LogP contribution in [0.2, 0.25) is 0 Å². The Labute approximate surface area is 103 Å². The van der Waals surface area contributed by atoms with E-state index in [1.165, 1.54) is 6.26 Å². The number of hydrogen-bond acceptors (Lipinski definition) is 3. The van der Waals surface area contributed by atoms with E-state index in [2.05, 4.69) is 15.9 Å². The van der Waals surface area contributed by atoms with Gasteiger partial charge in [-0.15, -0.1) is 0 Å². The fourth-order valence-corrected chi connectivity index (χ4v) is 2.31. The molecule has 88 valence electrons. The molecule has 5 heteroatoms. The zero-order valence-corrected chi connectivity index (χ0v) is 10.7. The SMILES string of the molecule is Cc1cc(C(=O)N2CCOCC2CBr)co1. The number of carbonyl (C=O) groups is 1. The number of nitrogens with zero attached hydrogens (tertiary/aromatic N) is 1. The van der Waals surface area contributed by atoms with Crippen LogP contribution in [-0.4, -0.2) is 41.9 Å². The molecule has 0 saturated carbocycles. The van der Waals surface area contributed by atoms with E-state index in [0.717, 1.165) is 11.1 Å². The van der Waals surface area contributed by atoms with Crippen LogP contribution in [-0.2, 0) is 4.74 Å². The van der Waals surface area contributed by atoms with Gasteiger partial charge in [-0.2, -0.15) is 0 Å². The number of ether oxygens (including phenoxy) is 1. The van der Waals surface area contributed by atoms with Gasteiger partial charge in [0.2, 0.25) is 0 Å². The number of halogens is 1. The third kappa shape index (κ3) is 2.30. The number of morpholine rings is 1. The summed E-state index contributed by atoms with van der Waals surface area (Å²) in [6.07, 6.45) is 1.51. The van der Waals surface area contributed by atoms with Gasteiger partial charge < -0.3 is 14.1 Å². The highest BCUT2D eigenvalue weighted by atomic mass is 79.9. The minimum absolute atomic E-state index is 0.0181. The first kappa shape index (κ1) is 11.7. The van der Waals surface area contributed by atoms with E-state index in [4.69, 9.17) is 9.15 Å². The molecule has 1 fully saturated rings.